The molecule has 0 amide bonds. The van der Waals surface area contributed by atoms with E-state index in [1.54, 1.807) is 19.2 Å². The van der Waals surface area contributed by atoms with Crippen LogP contribution >= 0.6 is 0 Å². The second-order valence-corrected chi connectivity index (χ2v) is 5.86. The fourth-order valence-electron chi connectivity index (χ4n) is 3.03. The Morgan fingerprint density at radius 3 is 2.90 bits per heavy atom. The van der Waals surface area contributed by atoms with Crippen LogP contribution in [0.5, 0.6) is 11.5 Å². The molecule has 0 radical (unpaired) electrons. The number of hydrogen-bond donors (Lipinski definition) is 2. The number of likely N-dealkylation sites (tertiary alicyclic amines) is 1. The average molecular weight is 278 g/mol. The summed E-state index contributed by atoms with van der Waals surface area (Å²) in [5.41, 5.74) is 6.80. The number of aromatic hydroxyl groups is 1. The van der Waals surface area contributed by atoms with Crippen molar-refractivity contribution in [1.82, 2.24) is 4.90 Å². The molecule has 1 aliphatic rings. The summed E-state index contributed by atoms with van der Waals surface area (Å²) in [6.07, 6.45) is 1.16. The Morgan fingerprint density at radius 1 is 1.50 bits per heavy atom. The maximum Gasteiger partial charge on any atom is 0.120 e. The normalized spacial score (nSPS) is 25.4. The number of nitrogens with two attached hydrogens (primary N) is 1. The van der Waals surface area contributed by atoms with Crippen LogP contribution in [0, 0.1) is 11.8 Å². The molecule has 1 saturated heterocycles. The summed E-state index contributed by atoms with van der Waals surface area (Å²) >= 11 is 0. The van der Waals surface area contributed by atoms with Crippen molar-refractivity contribution < 1.29 is 9.84 Å². The fourth-order valence-corrected chi connectivity index (χ4v) is 3.03. The molecule has 0 bridgehead atoms. The van der Waals surface area contributed by atoms with Crippen LogP contribution in [0.4, 0.5) is 0 Å². The predicted molar refractivity (Wildman–Crippen MR) is 81.0 cm³/mol. The van der Waals surface area contributed by atoms with Gasteiger partial charge in [0.1, 0.15) is 11.5 Å². The van der Waals surface area contributed by atoms with Gasteiger partial charge in [0, 0.05) is 18.2 Å². The highest BCUT2D eigenvalue weighted by Crippen LogP contribution is 2.34. The number of hydrogen-bond acceptors (Lipinski definition) is 4. The second kappa shape index (κ2) is 6.46. The van der Waals surface area contributed by atoms with Crippen LogP contribution in [-0.2, 0) is 0 Å². The molecule has 1 aromatic rings. The van der Waals surface area contributed by atoms with Crippen molar-refractivity contribution >= 4 is 0 Å². The third-order valence-corrected chi connectivity index (χ3v) is 4.68. The molecule has 3 N–H and O–H groups in total. The Labute approximate surface area is 121 Å². The van der Waals surface area contributed by atoms with E-state index in [0.29, 0.717) is 17.6 Å². The molecule has 0 saturated carbocycles. The maximum atomic E-state index is 10.1. The Balaban J connectivity index is 2.16. The lowest BCUT2D eigenvalue weighted by Crippen LogP contribution is -2.43. The quantitative estimate of drug-likeness (QED) is 0.888. The van der Waals surface area contributed by atoms with Crippen LogP contribution in [0.25, 0.3) is 0 Å². The van der Waals surface area contributed by atoms with Crippen LogP contribution in [0.15, 0.2) is 18.2 Å². The minimum Gasteiger partial charge on any atom is -0.508 e. The third-order valence-electron chi connectivity index (χ3n) is 4.68. The van der Waals surface area contributed by atoms with Gasteiger partial charge in [-0.3, -0.25) is 4.90 Å². The van der Waals surface area contributed by atoms with E-state index in [4.69, 9.17) is 10.5 Å². The number of benzene rings is 1. The SMILES string of the molecule is COc1ccc(O)c(C(C)N2CCC(C)C(CN)C2)c1. The van der Waals surface area contributed by atoms with Gasteiger partial charge in [-0.1, -0.05) is 6.92 Å². The highest BCUT2D eigenvalue weighted by Gasteiger charge is 2.29. The number of nitrogens with zero attached hydrogens (tertiary/aromatic N) is 1. The summed E-state index contributed by atoms with van der Waals surface area (Å²) in [5.74, 6) is 2.34. The highest BCUT2D eigenvalue weighted by atomic mass is 16.5. The first kappa shape index (κ1) is 15.1. The Bertz CT molecular complexity index is 450. The molecule has 4 heteroatoms. The summed E-state index contributed by atoms with van der Waals surface area (Å²) in [4.78, 5) is 2.41. The lowest BCUT2D eigenvalue weighted by molar-refractivity contribution is 0.0967. The molecule has 20 heavy (non-hydrogen) atoms. The molecule has 4 nitrogen and oxygen atoms in total. The van der Waals surface area contributed by atoms with Crippen LogP contribution in [0.3, 0.4) is 0 Å². The Kier molecular flexibility index (Phi) is 4.89. The van der Waals surface area contributed by atoms with Crippen molar-refractivity contribution in [2.24, 2.45) is 17.6 Å². The maximum absolute atomic E-state index is 10.1. The zero-order valence-corrected chi connectivity index (χ0v) is 12.7. The van der Waals surface area contributed by atoms with E-state index in [1.165, 1.54) is 0 Å². The van der Waals surface area contributed by atoms with Crippen molar-refractivity contribution in [2.45, 2.75) is 26.3 Å². The van der Waals surface area contributed by atoms with E-state index >= 15 is 0 Å². The number of ether oxygens (including phenoxy) is 1. The Morgan fingerprint density at radius 2 is 2.25 bits per heavy atom. The van der Waals surface area contributed by atoms with Crippen molar-refractivity contribution in [3.05, 3.63) is 23.8 Å². The number of phenols is 1. The topological polar surface area (TPSA) is 58.7 Å². The fraction of sp³-hybridized carbons (Fsp3) is 0.625. The van der Waals surface area contributed by atoms with E-state index in [9.17, 15) is 5.11 Å². The standard InChI is InChI=1S/C16H26N2O2/c1-11-6-7-18(10-13(11)9-17)12(2)15-8-14(20-3)4-5-16(15)19/h4-5,8,11-13,19H,6-7,9-10,17H2,1-3H3. The van der Waals surface area contributed by atoms with E-state index < -0.39 is 0 Å². The van der Waals surface area contributed by atoms with Crippen LogP contribution in [-0.4, -0.2) is 36.8 Å². The molecule has 0 aromatic heterocycles. The molecule has 0 spiro atoms. The molecule has 3 atom stereocenters. The minimum absolute atomic E-state index is 0.173. The van der Waals surface area contributed by atoms with Gasteiger partial charge >= 0.3 is 0 Å². The summed E-state index contributed by atoms with van der Waals surface area (Å²) in [6.45, 7) is 7.19. The zero-order chi connectivity index (χ0) is 14.7. The molecule has 1 aromatic carbocycles. The molecule has 2 rings (SSSR count). The van der Waals surface area contributed by atoms with Gasteiger partial charge in [-0.25, -0.2) is 0 Å². The van der Waals surface area contributed by atoms with E-state index in [1.807, 2.05) is 6.07 Å². The Hall–Kier alpha value is -1.26. The van der Waals surface area contributed by atoms with Gasteiger partial charge in [0.15, 0.2) is 0 Å². The minimum atomic E-state index is 0.173. The molecule has 3 unspecified atom stereocenters. The van der Waals surface area contributed by atoms with E-state index in [0.717, 1.165) is 37.4 Å². The number of piperidine rings is 1. The summed E-state index contributed by atoms with van der Waals surface area (Å²) in [7, 11) is 1.65. The van der Waals surface area contributed by atoms with Crippen LogP contribution < -0.4 is 10.5 Å². The first-order valence-electron chi connectivity index (χ1n) is 7.37. The van der Waals surface area contributed by atoms with Gasteiger partial charge in [-0.2, -0.15) is 0 Å². The molecule has 1 heterocycles. The van der Waals surface area contributed by atoms with Crippen molar-refractivity contribution in [3.63, 3.8) is 0 Å². The summed E-state index contributed by atoms with van der Waals surface area (Å²) in [5, 5.41) is 10.1. The first-order chi connectivity index (χ1) is 9.56. The largest absolute Gasteiger partial charge is 0.508 e. The van der Waals surface area contributed by atoms with Gasteiger partial charge in [-0.15, -0.1) is 0 Å². The van der Waals surface area contributed by atoms with Crippen molar-refractivity contribution in [1.29, 1.82) is 0 Å². The lowest BCUT2D eigenvalue weighted by Gasteiger charge is -2.40. The smallest absolute Gasteiger partial charge is 0.120 e. The average Bonchev–Trinajstić information content (AvgIpc) is 2.47. The predicted octanol–water partition coefficient (Wildman–Crippen LogP) is 2.38. The summed E-state index contributed by atoms with van der Waals surface area (Å²) < 4.78 is 5.26. The third kappa shape index (κ3) is 3.07. The van der Waals surface area contributed by atoms with Gasteiger partial charge in [0.25, 0.3) is 0 Å². The molecular weight excluding hydrogens is 252 g/mol. The molecule has 1 aliphatic heterocycles. The molecule has 0 aliphatic carbocycles. The number of phenolic OH excluding ortho intramolecular Hbond substituents is 1. The highest BCUT2D eigenvalue weighted by molar-refractivity contribution is 5.41. The molecular formula is C16H26N2O2. The second-order valence-electron chi connectivity index (χ2n) is 5.86. The van der Waals surface area contributed by atoms with Gasteiger partial charge in [0.2, 0.25) is 0 Å². The molecule has 112 valence electrons. The summed E-state index contributed by atoms with van der Waals surface area (Å²) in [6, 6.07) is 5.59. The van der Waals surface area contributed by atoms with Gasteiger partial charge < -0.3 is 15.6 Å². The van der Waals surface area contributed by atoms with Crippen molar-refractivity contribution in [2.75, 3.05) is 26.7 Å². The first-order valence-corrected chi connectivity index (χ1v) is 7.37. The monoisotopic (exact) mass is 278 g/mol. The van der Waals surface area contributed by atoms with Crippen LogP contribution in [0.1, 0.15) is 31.9 Å². The lowest BCUT2D eigenvalue weighted by atomic mass is 9.86. The van der Waals surface area contributed by atoms with Crippen molar-refractivity contribution in [3.8, 4) is 11.5 Å². The molecule has 1 fully saturated rings. The van der Waals surface area contributed by atoms with Gasteiger partial charge in [0.05, 0.1) is 7.11 Å². The zero-order valence-electron chi connectivity index (χ0n) is 12.7. The number of rotatable bonds is 4. The van der Waals surface area contributed by atoms with Crippen LogP contribution in [0.2, 0.25) is 0 Å². The van der Waals surface area contributed by atoms with E-state index in [-0.39, 0.29) is 6.04 Å². The van der Waals surface area contributed by atoms with E-state index in [2.05, 4.69) is 18.7 Å². The van der Waals surface area contributed by atoms with Gasteiger partial charge in [-0.05, 0) is 56.5 Å². The number of methoxy groups -OCH3 is 1.